The molecule has 0 radical (unpaired) electrons. The Hall–Kier alpha value is -1.16. The Morgan fingerprint density at radius 3 is 2.48 bits per heavy atom. The molecule has 0 aliphatic carbocycles. The molecule has 21 heavy (non-hydrogen) atoms. The van der Waals surface area contributed by atoms with E-state index in [-0.39, 0.29) is 12.1 Å². The molecule has 2 nitrogen and oxygen atoms in total. The van der Waals surface area contributed by atoms with Crippen molar-refractivity contribution in [2.45, 2.75) is 30.9 Å². The van der Waals surface area contributed by atoms with Crippen LogP contribution in [0.2, 0.25) is 5.02 Å². The van der Waals surface area contributed by atoms with Crippen LogP contribution in [0.5, 0.6) is 5.75 Å². The number of para-hydroxylation sites is 1. The maximum absolute atomic E-state index is 6.33. The lowest BCUT2D eigenvalue weighted by atomic mass is 10.1. The van der Waals surface area contributed by atoms with E-state index in [1.54, 1.807) is 11.8 Å². The molecule has 0 saturated carbocycles. The summed E-state index contributed by atoms with van der Waals surface area (Å²) in [7, 11) is 0. The Labute approximate surface area is 135 Å². The van der Waals surface area contributed by atoms with E-state index < -0.39 is 0 Å². The second-order valence-corrected chi connectivity index (χ2v) is 6.52. The SMILES string of the molecule is CC(C)Oc1ccccc1C(N)CSc1ccccc1Cl. The number of hydrogen-bond acceptors (Lipinski definition) is 3. The first-order chi connectivity index (χ1) is 10.1. The largest absolute Gasteiger partial charge is 0.491 e. The van der Waals surface area contributed by atoms with Gasteiger partial charge in [-0.15, -0.1) is 11.8 Å². The molecule has 0 amide bonds. The van der Waals surface area contributed by atoms with Crippen molar-refractivity contribution in [3.8, 4) is 5.75 Å². The lowest BCUT2D eigenvalue weighted by Gasteiger charge is -2.18. The average molecular weight is 322 g/mol. The second-order valence-electron chi connectivity index (χ2n) is 5.05. The lowest BCUT2D eigenvalue weighted by Crippen LogP contribution is -2.16. The fourth-order valence-corrected chi connectivity index (χ4v) is 3.20. The highest BCUT2D eigenvalue weighted by Gasteiger charge is 2.13. The van der Waals surface area contributed by atoms with Gasteiger partial charge in [0.05, 0.1) is 11.1 Å². The highest BCUT2D eigenvalue weighted by molar-refractivity contribution is 7.99. The summed E-state index contributed by atoms with van der Waals surface area (Å²) in [6, 6.07) is 15.7. The number of ether oxygens (including phenoxy) is 1. The van der Waals surface area contributed by atoms with Gasteiger partial charge in [0.25, 0.3) is 0 Å². The van der Waals surface area contributed by atoms with Crippen LogP contribution in [-0.2, 0) is 0 Å². The Morgan fingerprint density at radius 2 is 1.76 bits per heavy atom. The third-order valence-corrected chi connectivity index (χ3v) is 4.57. The minimum absolute atomic E-state index is 0.0961. The van der Waals surface area contributed by atoms with Gasteiger partial charge in [-0.3, -0.25) is 0 Å². The van der Waals surface area contributed by atoms with Gasteiger partial charge in [0.15, 0.2) is 0 Å². The average Bonchev–Trinajstić information content (AvgIpc) is 2.46. The highest BCUT2D eigenvalue weighted by Crippen LogP contribution is 2.32. The Kier molecular flexibility index (Phi) is 5.97. The third-order valence-electron chi connectivity index (χ3n) is 2.94. The van der Waals surface area contributed by atoms with E-state index in [4.69, 9.17) is 22.1 Å². The van der Waals surface area contributed by atoms with Crippen LogP contribution in [0.1, 0.15) is 25.5 Å². The molecule has 0 aliphatic heterocycles. The molecule has 0 heterocycles. The van der Waals surface area contributed by atoms with Crippen LogP contribution in [0.15, 0.2) is 53.4 Å². The molecule has 1 unspecified atom stereocenters. The normalized spacial score (nSPS) is 12.4. The zero-order valence-corrected chi connectivity index (χ0v) is 13.8. The predicted octanol–water partition coefficient (Wildman–Crippen LogP) is 4.92. The molecule has 0 aliphatic rings. The predicted molar refractivity (Wildman–Crippen MR) is 91.3 cm³/mol. The van der Waals surface area contributed by atoms with Crippen LogP contribution in [0.3, 0.4) is 0 Å². The first kappa shape index (κ1) is 16.2. The minimum Gasteiger partial charge on any atom is -0.491 e. The van der Waals surface area contributed by atoms with Crippen molar-refractivity contribution in [2.24, 2.45) is 5.73 Å². The van der Waals surface area contributed by atoms with Crippen LogP contribution in [0.25, 0.3) is 0 Å². The highest BCUT2D eigenvalue weighted by atomic mass is 35.5. The molecule has 0 fully saturated rings. The molecule has 4 heteroatoms. The van der Waals surface area contributed by atoms with Crippen LogP contribution < -0.4 is 10.5 Å². The van der Waals surface area contributed by atoms with Crippen LogP contribution in [-0.4, -0.2) is 11.9 Å². The Bertz CT molecular complexity index is 589. The van der Waals surface area contributed by atoms with Crippen molar-refractivity contribution in [3.05, 3.63) is 59.1 Å². The van der Waals surface area contributed by atoms with E-state index in [0.29, 0.717) is 0 Å². The zero-order valence-electron chi connectivity index (χ0n) is 12.3. The number of nitrogens with two attached hydrogens (primary N) is 1. The van der Waals surface area contributed by atoms with Crippen molar-refractivity contribution in [1.29, 1.82) is 0 Å². The maximum atomic E-state index is 6.33. The Balaban J connectivity index is 2.07. The molecular formula is C17H20ClNOS. The van der Waals surface area contributed by atoms with Crippen molar-refractivity contribution in [3.63, 3.8) is 0 Å². The van der Waals surface area contributed by atoms with Gasteiger partial charge in [0.1, 0.15) is 5.75 Å². The van der Waals surface area contributed by atoms with Crippen LogP contribution >= 0.6 is 23.4 Å². The molecule has 2 N–H and O–H groups in total. The molecule has 1 atom stereocenters. The van der Waals surface area contributed by atoms with E-state index in [0.717, 1.165) is 27.0 Å². The fraction of sp³-hybridized carbons (Fsp3) is 0.294. The molecular weight excluding hydrogens is 302 g/mol. The maximum Gasteiger partial charge on any atom is 0.124 e. The molecule has 2 aromatic carbocycles. The van der Waals surface area contributed by atoms with Crippen molar-refractivity contribution < 1.29 is 4.74 Å². The number of halogens is 1. The summed E-state index contributed by atoms with van der Waals surface area (Å²) in [5.41, 5.74) is 7.36. The molecule has 112 valence electrons. The summed E-state index contributed by atoms with van der Waals surface area (Å²) in [5.74, 6) is 1.61. The summed E-state index contributed by atoms with van der Waals surface area (Å²) in [4.78, 5) is 1.05. The van der Waals surface area contributed by atoms with Gasteiger partial charge in [-0.2, -0.15) is 0 Å². The van der Waals surface area contributed by atoms with Crippen LogP contribution in [0, 0.1) is 0 Å². The molecule has 2 rings (SSSR count). The molecule has 0 aromatic heterocycles. The number of thioether (sulfide) groups is 1. The van der Waals surface area contributed by atoms with Gasteiger partial charge < -0.3 is 10.5 Å². The lowest BCUT2D eigenvalue weighted by molar-refractivity contribution is 0.239. The zero-order chi connectivity index (χ0) is 15.2. The molecule has 0 bridgehead atoms. The molecule has 2 aromatic rings. The van der Waals surface area contributed by atoms with Gasteiger partial charge in [0.2, 0.25) is 0 Å². The minimum atomic E-state index is -0.0961. The quantitative estimate of drug-likeness (QED) is 0.767. The third kappa shape index (κ3) is 4.67. The van der Waals surface area contributed by atoms with Gasteiger partial charge in [0, 0.05) is 22.3 Å². The summed E-state index contributed by atoms with van der Waals surface area (Å²) >= 11 is 7.83. The summed E-state index contributed by atoms with van der Waals surface area (Å²) in [6.45, 7) is 4.03. The standard InChI is InChI=1S/C17H20ClNOS/c1-12(2)20-16-9-5-3-7-13(16)15(19)11-21-17-10-6-4-8-14(17)18/h3-10,12,15H,11,19H2,1-2H3. The topological polar surface area (TPSA) is 35.2 Å². The van der Waals surface area contributed by atoms with Gasteiger partial charge >= 0.3 is 0 Å². The molecule has 0 saturated heterocycles. The fourth-order valence-electron chi connectivity index (χ4n) is 1.98. The van der Waals surface area contributed by atoms with E-state index in [9.17, 15) is 0 Å². The number of rotatable bonds is 6. The number of hydrogen-bond donors (Lipinski definition) is 1. The van der Waals surface area contributed by atoms with E-state index in [2.05, 4.69) is 0 Å². The first-order valence-corrected chi connectivity index (χ1v) is 8.32. The van der Waals surface area contributed by atoms with E-state index in [1.165, 1.54) is 0 Å². The summed E-state index contributed by atoms with van der Waals surface area (Å²) < 4.78 is 5.83. The summed E-state index contributed by atoms with van der Waals surface area (Å²) in [6.07, 6.45) is 0.134. The summed E-state index contributed by atoms with van der Waals surface area (Å²) in [5, 5.41) is 0.765. The monoisotopic (exact) mass is 321 g/mol. The van der Waals surface area contributed by atoms with Crippen molar-refractivity contribution >= 4 is 23.4 Å². The van der Waals surface area contributed by atoms with Gasteiger partial charge in [-0.1, -0.05) is 41.9 Å². The van der Waals surface area contributed by atoms with Crippen molar-refractivity contribution in [1.82, 2.24) is 0 Å². The van der Waals surface area contributed by atoms with Crippen molar-refractivity contribution in [2.75, 3.05) is 5.75 Å². The Morgan fingerprint density at radius 1 is 1.10 bits per heavy atom. The van der Waals surface area contributed by atoms with E-state index >= 15 is 0 Å². The first-order valence-electron chi connectivity index (χ1n) is 6.96. The van der Waals surface area contributed by atoms with E-state index in [1.807, 2.05) is 62.4 Å². The van der Waals surface area contributed by atoms with Gasteiger partial charge in [-0.25, -0.2) is 0 Å². The smallest absolute Gasteiger partial charge is 0.124 e. The van der Waals surface area contributed by atoms with Crippen LogP contribution in [0.4, 0.5) is 0 Å². The van der Waals surface area contributed by atoms with Gasteiger partial charge in [-0.05, 0) is 32.0 Å². The molecule has 0 spiro atoms. The second kappa shape index (κ2) is 7.74. The number of benzene rings is 2.